The van der Waals surface area contributed by atoms with Gasteiger partial charge >= 0.3 is 0 Å². The predicted molar refractivity (Wildman–Crippen MR) is 82.2 cm³/mol. The van der Waals surface area contributed by atoms with E-state index in [0.29, 0.717) is 37.1 Å². The Hall–Kier alpha value is -2.41. The number of carbonyl (C=O) groups is 1. The molecule has 1 aliphatic rings. The quantitative estimate of drug-likeness (QED) is 0.884. The number of nitrogens with one attached hydrogen (secondary N) is 1. The van der Waals surface area contributed by atoms with Crippen LogP contribution in [0.15, 0.2) is 35.5 Å². The van der Waals surface area contributed by atoms with Crippen LogP contribution < -0.4 is 10.5 Å². The van der Waals surface area contributed by atoms with E-state index in [0.717, 1.165) is 0 Å². The third-order valence-electron chi connectivity index (χ3n) is 3.50. The lowest BCUT2D eigenvalue weighted by molar-refractivity contribution is 0.0744. The van der Waals surface area contributed by atoms with Crippen molar-refractivity contribution in [1.82, 2.24) is 19.9 Å². The third kappa shape index (κ3) is 2.94. The Morgan fingerprint density at radius 3 is 2.55 bits per heavy atom. The molecule has 1 saturated heterocycles. The minimum absolute atomic E-state index is 0.0666. The monoisotopic (exact) mass is 319 g/mol. The second kappa shape index (κ2) is 6.15. The first kappa shape index (κ1) is 14.5. The molecule has 0 bridgehead atoms. The van der Waals surface area contributed by atoms with Crippen molar-refractivity contribution in [3.05, 3.63) is 51.7 Å². The summed E-state index contributed by atoms with van der Waals surface area (Å²) < 4.78 is 0. The zero-order chi connectivity index (χ0) is 15.5. The van der Waals surface area contributed by atoms with E-state index in [1.807, 2.05) is 4.90 Å². The van der Waals surface area contributed by atoms with Gasteiger partial charge in [-0.1, -0.05) is 11.6 Å². The number of piperazine rings is 1. The van der Waals surface area contributed by atoms with Gasteiger partial charge in [0.05, 0.1) is 5.02 Å². The molecule has 2 aromatic rings. The van der Waals surface area contributed by atoms with Crippen molar-refractivity contribution in [2.24, 2.45) is 0 Å². The fourth-order valence-corrected chi connectivity index (χ4v) is 2.51. The van der Waals surface area contributed by atoms with Gasteiger partial charge in [0.2, 0.25) is 5.95 Å². The minimum Gasteiger partial charge on any atom is -0.337 e. The van der Waals surface area contributed by atoms with Crippen LogP contribution >= 0.6 is 11.6 Å². The highest BCUT2D eigenvalue weighted by atomic mass is 35.5. The van der Waals surface area contributed by atoms with E-state index in [-0.39, 0.29) is 11.5 Å². The van der Waals surface area contributed by atoms with Gasteiger partial charge < -0.3 is 14.8 Å². The minimum atomic E-state index is -0.428. The molecular formula is C14H14ClN5O2. The molecule has 7 nitrogen and oxygen atoms in total. The maximum absolute atomic E-state index is 12.4. The van der Waals surface area contributed by atoms with Gasteiger partial charge in [-0.25, -0.2) is 9.97 Å². The fourth-order valence-electron chi connectivity index (χ4n) is 2.35. The molecule has 0 aromatic carbocycles. The van der Waals surface area contributed by atoms with E-state index in [9.17, 15) is 9.59 Å². The number of aromatic amines is 1. The smallest absolute Gasteiger partial charge is 0.260 e. The Morgan fingerprint density at radius 1 is 1.18 bits per heavy atom. The number of pyridine rings is 1. The molecule has 0 aliphatic carbocycles. The van der Waals surface area contributed by atoms with E-state index in [2.05, 4.69) is 15.0 Å². The third-order valence-corrected chi connectivity index (χ3v) is 3.72. The standard InChI is InChI=1S/C14H14ClN5O2/c15-10-8-11(12(21)18-9-10)13(22)19-4-6-20(7-5-19)14-16-2-1-3-17-14/h1-3,8-9H,4-7H2,(H,18,21). The molecule has 1 fully saturated rings. The summed E-state index contributed by atoms with van der Waals surface area (Å²) in [6, 6.07) is 3.16. The summed E-state index contributed by atoms with van der Waals surface area (Å²) in [5.74, 6) is 0.340. The molecule has 0 spiro atoms. The van der Waals surface area contributed by atoms with Crippen LogP contribution in [0.4, 0.5) is 5.95 Å². The number of hydrogen-bond acceptors (Lipinski definition) is 5. The van der Waals surface area contributed by atoms with Crippen molar-refractivity contribution in [1.29, 1.82) is 0 Å². The number of rotatable bonds is 2. The second-order valence-electron chi connectivity index (χ2n) is 4.89. The maximum atomic E-state index is 12.4. The fraction of sp³-hybridized carbons (Fsp3) is 0.286. The molecule has 0 saturated carbocycles. The molecule has 1 amide bonds. The number of amides is 1. The highest BCUT2D eigenvalue weighted by Gasteiger charge is 2.25. The van der Waals surface area contributed by atoms with Crippen LogP contribution in [0.5, 0.6) is 0 Å². The summed E-state index contributed by atoms with van der Waals surface area (Å²) in [6.45, 7) is 2.24. The van der Waals surface area contributed by atoms with Crippen LogP contribution in [0.3, 0.4) is 0 Å². The van der Waals surface area contributed by atoms with E-state index in [1.54, 1.807) is 23.4 Å². The summed E-state index contributed by atoms with van der Waals surface area (Å²) in [7, 11) is 0. The van der Waals surface area contributed by atoms with E-state index >= 15 is 0 Å². The van der Waals surface area contributed by atoms with Crippen molar-refractivity contribution in [3.8, 4) is 0 Å². The number of hydrogen-bond donors (Lipinski definition) is 1. The molecule has 0 atom stereocenters. The lowest BCUT2D eigenvalue weighted by Gasteiger charge is -2.34. The molecule has 22 heavy (non-hydrogen) atoms. The molecule has 0 radical (unpaired) electrons. The van der Waals surface area contributed by atoms with Gasteiger partial charge in [-0.2, -0.15) is 0 Å². The van der Waals surface area contributed by atoms with Gasteiger partial charge in [0.1, 0.15) is 5.56 Å². The van der Waals surface area contributed by atoms with E-state index < -0.39 is 5.56 Å². The van der Waals surface area contributed by atoms with Crippen molar-refractivity contribution < 1.29 is 4.79 Å². The first-order valence-corrected chi connectivity index (χ1v) is 7.22. The van der Waals surface area contributed by atoms with Gasteiger partial charge in [0.15, 0.2) is 0 Å². The summed E-state index contributed by atoms with van der Waals surface area (Å²) in [5.41, 5.74) is -0.361. The normalized spacial score (nSPS) is 15.0. The first-order chi connectivity index (χ1) is 10.6. The maximum Gasteiger partial charge on any atom is 0.260 e. The molecule has 1 N–H and O–H groups in total. The largest absolute Gasteiger partial charge is 0.337 e. The lowest BCUT2D eigenvalue weighted by atomic mass is 10.2. The van der Waals surface area contributed by atoms with Gasteiger partial charge in [-0.3, -0.25) is 9.59 Å². The lowest BCUT2D eigenvalue weighted by Crippen LogP contribution is -2.50. The molecule has 2 aromatic heterocycles. The van der Waals surface area contributed by atoms with Crippen LogP contribution in [0, 0.1) is 0 Å². The average molecular weight is 320 g/mol. The molecule has 114 valence electrons. The molecule has 3 heterocycles. The summed E-state index contributed by atoms with van der Waals surface area (Å²) in [4.78, 5) is 38.7. The van der Waals surface area contributed by atoms with Crippen LogP contribution in [-0.4, -0.2) is 51.9 Å². The Bertz CT molecular complexity index is 726. The number of H-pyrrole nitrogens is 1. The highest BCUT2D eigenvalue weighted by molar-refractivity contribution is 6.30. The van der Waals surface area contributed by atoms with Gasteiger partial charge in [0, 0.05) is 44.8 Å². The van der Waals surface area contributed by atoms with Crippen LogP contribution in [0.1, 0.15) is 10.4 Å². The molecule has 3 rings (SSSR count). The highest BCUT2D eigenvalue weighted by Crippen LogP contribution is 2.13. The Kier molecular flexibility index (Phi) is 4.06. The van der Waals surface area contributed by atoms with Gasteiger partial charge in [-0.05, 0) is 12.1 Å². The second-order valence-corrected chi connectivity index (χ2v) is 5.33. The van der Waals surface area contributed by atoms with Gasteiger partial charge in [-0.15, -0.1) is 0 Å². The molecule has 1 aliphatic heterocycles. The number of halogens is 1. The zero-order valence-corrected chi connectivity index (χ0v) is 12.5. The summed E-state index contributed by atoms with van der Waals surface area (Å²) >= 11 is 5.84. The number of aromatic nitrogens is 3. The summed E-state index contributed by atoms with van der Waals surface area (Å²) in [5, 5.41) is 0.333. The van der Waals surface area contributed by atoms with E-state index in [4.69, 9.17) is 11.6 Å². The summed E-state index contributed by atoms with van der Waals surface area (Å²) in [6.07, 6.45) is 4.74. The number of nitrogens with zero attached hydrogens (tertiary/aromatic N) is 4. The molecule has 8 heteroatoms. The van der Waals surface area contributed by atoms with Crippen LogP contribution in [-0.2, 0) is 0 Å². The Balaban J connectivity index is 1.70. The van der Waals surface area contributed by atoms with Gasteiger partial charge in [0.25, 0.3) is 11.5 Å². The molecular weight excluding hydrogens is 306 g/mol. The zero-order valence-electron chi connectivity index (χ0n) is 11.7. The molecule has 0 unspecified atom stereocenters. The van der Waals surface area contributed by atoms with Crippen LogP contribution in [0.25, 0.3) is 0 Å². The first-order valence-electron chi connectivity index (χ1n) is 6.84. The Morgan fingerprint density at radius 2 is 1.86 bits per heavy atom. The SMILES string of the molecule is O=C(c1cc(Cl)c[nH]c1=O)N1CCN(c2ncccn2)CC1. The number of anilines is 1. The van der Waals surface area contributed by atoms with Crippen LogP contribution in [0.2, 0.25) is 5.02 Å². The van der Waals surface area contributed by atoms with Crippen molar-refractivity contribution in [2.75, 3.05) is 31.1 Å². The van der Waals surface area contributed by atoms with Crippen molar-refractivity contribution in [3.63, 3.8) is 0 Å². The van der Waals surface area contributed by atoms with Crippen molar-refractivity contribution in [2.45, 2.75) is 0 Å². The number of carbonyl (C=O) groups excluding carboxylic acids is 1. The topological polar surface area (TPSA) is 82.2 Å². The van der Waals surface area contributed by atoms with Crippen molar-refractivity contribution >= 4 is 23.5 Å². The average Bonchev–Trinajstić information content (AvgIpc) is 2.57. The predicted octanol–water partition coefficient (Wildman–Crippen LogP) is 0.781. The Labute approximate surface area is 131 Å². The van der Waals surface area contributed by atoms with E-state index in [1.165, 1.54) is 12.3 Å².